The van der Waals surface area contributed by atoms with Gasteiger partial charge in [-0.15, -0.1) is 0 Å². The molecule has 3 rings (SSSR count). The van der Waals surface area contributed by atoms with Gasteiger partial charge in [0, 0.05) is 23.4 Å². The number of benzene rings is 1. The molecule has 0 radical (unpaired) electrons. The Morgan fingerprint density at radius 1 is 1.14 bits per heavy atom. The number of hydrogen-bond donors (Lipinski definition) is 2. The summed E-state index contributed by atoms with van der Waals surface area (Å²) in [5, 5.41) is 12.4. The van der Waals surface area contributed by atoms with E-state index in [4.69, 9.17) is 0 Å². The van der Waals surface area contributed by atoms with Crippen molar-refractivity contribution in [1.82, 2.24) is 15.5 Å². The average Bonchev–Trinajstić information content (AvgIpc) is 2.48. The summed E-state index contributed by atoms with van der Waals surface area (Å²) >= 11 is 0. The number of nitrogens with zero attached hydrogens (tertiary/aromatic N) is 1. The molecule has 0 unspecified atom stereocenters. The highest BCUT2D eigenvalue weighted by Crippen LogP contribution is 2.34. The highest BCUT2D eigenvalue weighted by atomic mass is 16.1. The minimum Gasteiger partial charge on any atom is -0.312 e. The lowest BCUT2D eigenvalue weighted by molar-refractivity contribution is 0.323. The second-order valence-corrected chi connectivity index (χ2v) is 6.35. The first-order valence-corrected chi connectivity index (χ1v) is 7.88. The van der Waals surface area contributed by atoms with Gasteiger partial charge in [-0.3, -0.25) is 4.79 Å². The molecule has 0 aliphatic heterocycles. The van der Waals surface area contributed by atoms with Crippen molar-refractivity contribution in [3.05, 3.63) is 40.3 Å². The second-order valence-electron chi connectivity index (χ2n) is 6.35. The Morgan fingerprint density at radius 3 is 2.48 bits per heavy atom. The average molecular weight is 285 g/mol. The van der Waals surface area contributed by atoms with E-state index >= 15 is 0 Å². The molecule has 21 heavy (non-hydrogen) atoms. The smallest absolute Gasteiger partial charge is 0.272 e. The molecular formula is C17H23N3O. The van der Waals surface area contributed by atoms with Crippen molar-refractivity contribution < 1.29 is 0 Å². The van der Waals surface area contributed by atoms with Crippen molar-refractivity contribution in [2.75, 3.05) is 0 Å². The second kappa shape index (κ2) is 5.98. The van der Waals surface area contributed by atoms with Gasteiger partial charge in [-0.25, -0.2) is 5.10 Å². The Labute approximate surface area is 125 Å². The zero-order chi connectivity index (χ0) is 14.8. The molecule has 1 aromatic carbocycles. The van der Waals surface area contributed by atoms with Gasteiger partial charge in [-0.1, -0.05) is 32.0 Å². The number of fused-ring (bicyclic) bond motifs is 1. The maximum atomic E-state index is 11.9. The van der Waals surface area contributed by atoms with Crippen molar-refractivity contribution in [1.29, 1.82) is 0 Å². The van der Waals surface area contributed by atoms with Gasteiger partial charge in [0.15, 0.2) is 0 Å². The molecule has 0 saturated heterocycles. The molecule has 1 saturated carbocycles. The standard InChI is InChI=1S/C17H23N3O/c1-11(2)18-13-9-7-12(8-10-13)16-14-5-3-4-6-15(14)17(21)20-19-16/h3-6,11-13,18H,7-10H2,1-2H3,(H,20,21). The van der Waals surface area contributed by atoms with Crippen LogP contribution in [0.15, 0.2) is 29.1 Å². The van der Waals surface area contributed by atoms with Crippen molar-refractivity contribution in [3.63, 3.8) is 0 Å². The lowest BCUT2D eigenvalue weighted by Gasteiger charge is -2.30. The van der Waals surface area contributed by atoms with Gasteiger partial charge in [0.2, 0.25) is 0 Å². The van der Waals surface area contributed by atoms with E-state index in [1.165, 1.54) is 12.8 Å². The summed E-state index contributed by atoms with van der Waals surface area (Å²) in [5.74, 6) is 0.456. The lowest BCUT2D eigenvalue weighted by atomic mass is 9.82. The predicted molar refractivity (Wildman–Crippen MR) is 85.6 cm³/mol. The topological polar surface area (TPSA) is 57.8 Å². The molecule has 1 aromatic heterocycles. The monoisotopic (exact) mass is 285 g/mol. The number of H-pyrrole nitrogens is 1. The van der Waals surface area contributed by atoms with Gasteiger partial charge >= 0.3 is 0 Å². The summed E-state index contributed by atoms with van der Waals surface area (Å²) in [6.07, 6.45) is 4.62. The third-order valence-corrected chi connectivity index (χ3v) is 4.41. The molecule has 112 valence electrons. The van der Waals surface area contributed by atoms with Crippen molar-refractivity contribution in [2.24, 2.45) is 0 Å². The molecule has 1 aliphatic rings. The first kappa shape index (κ1) is 14.3. The lowest BCUT2D eigenvalue weighted by Crippen LogP contribution is -2.37. The Hall–Kier alpha value is -1.68. The Bertz CT molecular complexity index is 669. The summed E-state index contributed by atoms with van der Waals surface area (Å²) in [5.41, 5.74) is 0.970. The molecule has 2 aromatic rings. The van der Waals surface area contributed by atoms with Gasteiger partial charge in [0.25, 0.3) is 5.56 Å². The zero-order valence-electron chi connectivity index (χ0n) is 12.7. The van der Waals surface area contributed by atoms with Crippen LogP contribution in [0.1, 0.15) is 51.1 Å². The summed E-state index contributed by atoms with van der Waals surface area (Å²) in [6, 6.07) is 8.95. The maximum Gasteiger partial charge on any atom is 0.272 e. The van der Waals surface area contributed by atoms with Crippen LogP contribution < -0.4 is 10.9 Å². The normalized spacial score (nSPS) is 22.8. The third-order valence-electron chi connectivity index (χ3n) is 4.41. The van der Waals surface area contributed by atoms with E-state index in [1.807, 2.05) is 24.3 Å². The van der Waals surface area contributed by atoms with Gasteiger partial charge in [-0.2, -0.15) is 5.10 Å². The highest BCUT2D eigenvalue weighted by molar-refractivity contribution is 5.83. The number of nitrogens with one attached hydrogen (secondary N) is 2. The van der Waals surface area contributed by atoms with Crippen molar-refractivity contribution >= 4 is 10.8 Å². The van der Waals surface area contributed by atoms with Crippen LogP contribution in [0.3, 0.4) is 0 Å². The largest absolute Gasteiger partial charge is 0.312 e. The van der Waals surface area contributed by atoms with Crippen LogP contribution in [0, 0.1) is 0 Å². The first-order valence-electron chi connectivity index (χ1n) is 7.88. The molecule has 4 nitrogen and oxygen atoms in total. The van der Waals surface area contributed by atoms with Crippen molar-refractivity contribution in [3.8, 4) is 0 Å². The van der Waals surface area contributed by atoms with E-state index in [0.717, 1.165) is 29.3 Å². The van der Waals surface area contributed by atoms with Crippen molar-refractivity contribution in [2.45, 2.75) is 57.5 Å². The number of hydrogen-bond acceptors (Lipinski definition) is 3. The molecule has 1 fully saturated rings. The Balaban J connectivity index is 1.83. The summed E-state index contributed by atoms with van der Waals surface area (Å²) < 4.78 is 0. The molecule has 0 atom stereocenters. The van der Waals surface area contributed by atoms with Crippen LogP contribution in [-0.4, -0.2) is 22.3 Å². The minimum absolute atomic E-state index is 0.0930. The van der Waals surface area contributed by atoms with E-state index in [1.54, 1.807) is 0 Å². The van der Waals surface area contributed by atoms with Gasteiger partial charge in [0.1, 0.15) is 0 Å². The fourth-order valence-electron chi connectivity index (χ4n) is 3.45. The van der Waals surface area contributed by atoms with Crippen LogP contribution in [0.2, 0.25) is 0 Å². The van der Waals surface area contributed by atoms with Gasteiger partial charge in [0.05, 0.1) is 11.1 Å². The maximum absolute atomic E-state index is 11.9. The van der Waals surface area contributed by atoms with E-state index in [9.17, 15) is 4.79 Å². The van der Waals surface area contributed by atoms with Crippen LogP contribution in [-0.2, 0) is 0 Å². The minimum atomic E-state index is -0.0930. The summed E-state index contributed by atoms with van der Waals surface area (Å²) in [4.78, 5) is 11.9. The van der Waals surface area contributed by atoms with E-state index < -0.39 is 0 Å². The fourth-order valence-corrected chi connectivity index (χ4v) is 3.45. The molecule has 0 bridgehead atoms. The van der Waals surface area contributed by atoms with Gasteiger partial charge < -0.3 is 5.32 Å². The molecular weight excluding hydrogens is 262 g/mol. The van der Waals surface area contributed by atoms with Crippen LogP contribution >= 0.6 is 0 Å². The predicted octanol–water partition coefficient (Wildman–Crippen LogP) is 2.95. The quantitative estimate of drug-likeness (QED) is 0.911. The molecule has 1 aliphatic carbocycles. The zero-order valence-corrected chi connectivity index (χ0v) is 12.7. The SMILES string of the molecule is CC(C)NC1CCC(c2n[nH]c(=O)c3ccccc23)CC1. The Morgan fingerprint density at radius 2 is 1.81 bits per heavy atom. The first-order chi connectivity index (χ1) is 10.1. The highest BCUT2D eigenvalue weighted by Gasteiger charge is 2.25. The van der Waals surface area contributed by atoms with E-state index in [2.05, 4.69) is 29.4 Å². The Kier molecular flexibility index (Phi) is 4.06. The number of aromatic nitrogens is 2. The number of aromatic amines is 1. The summed E-state index contributed by atoms with van der Waals surface area (Å²) in [6.45, 7) is 4.40. The molecule has 2 N–H and O–H groups in total. The fraction of sp³-hybridized carbons (Fsp3) is 0.529. The van der Waals surface area contributed by atoms with E-state index in [0.29, 0.717) is 18.0 Å². The molecule has 0 amide bonds. The molecule has 0 spiro atoms. The van der Waals surface area contributed by atoms with Crippen LogP contribution in [0.4, 0.5) is 0 Å². The van der Waals surface area contributed by atoms with Gasteiger partial charge in [-0.05, 0) is 31.7 Å². The summed E-state index contributed by atoms with van der Waals surface area (Å²) in [7, 11) is 0. The molecule has 4 heteroatoms. The molecule has 1 heterocycles. The van der Waals surface area contributed by atoms with Crippen LogP contribution in [0.5, 0.6) is 0 Å². The van der Waals surface area contributed by atoms with E-state index in [-0.39, 0.29) is 5.56 Å². The van der Waals surface area contributed by atoms with Crippen LogP contribution in [0.25, 0.3) is 10.8 Å². The number of rotatable bonds is 3. The third kappa shape index (κ3) is 3.00.